The number of rotatable bonds is 6. The number of carbonyl (C=O) groups excluding carboxylic acids is 1. The van der Waals surface area contributed by atoms with Crippen LogP contribution in [-0.2, 0) is 4.74 Å². The third-order valence-corrected chi connectivity index (χ3v) is 3.35. The fraction of sp³-hybridized carbons (Fsp3) is 0.235. The zero-order chi connectivity index (χ0) is 17.8. The van der Waals surface area contributed by atoms with E-state index in [0.29, 0.717) is 0 Å². The largest absolute Gasteiger partial charge is 0.455 e. The Bertz CT molecular complexity index is 685. The molecular weight excluding hydrogens is 328 g/mol. The molecule has 0 atom stereocenters. The number of aliphatic hydroxyl groups excluding tert-OH is 1. The Labute approximate surface area is 135 Å². The molecule has 0 heterocycles. The number of aliphatic hydroxyl groups is 1. The van der Waals surface area contributed by atoms with Crippen molar-refractivity contribution in [2.45, 2.75) is 11.8 Å². The molecule has 2 aromatic rings. The molecule has 0 unspecified atom stereocenters. The number of hydrogen-bond acceptors (Lipinski definition) is 3. The number of alkyl halides is 4. The molecule has 0 aliphatic rings. The molecule has 0 aliphatic carbocycles. The Hall–Kier alpha value is -2.41. The number of esters is 1. The van der Waals surface area contributed by atoms with Gasteiger partial charge in [0.25, 0.3) is 0 Å². The second-order valence-electron chi connectivity index (χ2n) is 5.09. The van der Waals surface area contributed by atoms with Gasteiger partial charge in [0, 0.05) is 0 Å². The van der Waals surface area contributed by atoms with Crippen LogP contribution in [-0.4, -0.2) is 36.1 Å². The van der Waals surface area contributed by atoms with Gasteiger partial charge in [0.05, 0.1) is 5.56 Å². The van der Waals surface area contributed by atoms with Crippen molar-refractivity contribution in [1.82, 2.24) is 0 Å². The molecule has 0 spiro atoms. The summed E-state index contributed by atoms with van der Waals surface area (Å²) in [6.07, 6.45) is 0. The van der Waals surface area contributed by atoms with Crippen LogP contribution in [0.1, 0.15) is 10.4 Å². The van der Waals surface area contributed by atoms with Crippen LogP contribution in [0.5, 0.6) is 0 Å². The number of halogens is 4. The molecule has 0 fully saturated rings. The standard InChI is InChI=1S/C17H14F4O3/c18-16(19,10-22)17(20,21)11-24-15(23)14-8-6-13(7-9-14)12-4-2-1-3-5-12/h1-9,22H,10-11H2. The van der Waals surface area contributed by atoms with E-state index in [1.807, 2.05) is 30.3 Å². The SMILES string of the molecule is O=C(OCC(F)(F)C(F)(F)CO)c1ccc(-c2ccccc2)cc1. The lowest BCUT2D eigenvalue weighted by atomic mass is 10.0. The minimum Gasteiger partial charge on any atom is -0.455 e. The Morgan fingerprint density at radius 2 is 1.42 bits per heavy atom. The van der Waals surface area contributed by atoms with Crippen LogP contribution in [0, 0.1) is 0 Å². The normalized spacial score (nSPS) is 12.0. The van der Waals surface area contributed by atoms with E-state index in [-0.39, 0.29) is 5.56 Å². The summed E-state index contributed by atoms with van der Waals surface area (Å²) in [6, 6.07) is 15.1. The topological polar surface area (TPSA) is 46.5 Å². The summed E-state index contributed by atoms with van der Waals surface area (Å²) in [4.78, 5) is 11.7. The van der Waals surface area contributed by atoms with Crippen LogP contribution in [0.15, 0.2) is 54.6 Å². The monoisotopic (exact) mass is 342 g/mol. The van der Waals surface area contributed by atoms with Crippen LogP contribution in [0.4, 0.5) is 17.6 Å². The van der Waals surface area contributed by atoms with Crippen molar-refractivity contribution in [1.29, 1.82) is 0 Å². The Kier molecular flexibility index (Phi) is 5.23. The first-order valence-electron chi connectivity index (χ1n) is 6.96. The number of benzene rings is 2. The first-order chi connectivity index (χ1) is 11.3. The van der Waals surface area contributed by atoms with E-state index in [1.165, 1.54) is 12.1 Å². The number of carbonyl (C=O) groups is 1. The fourth-order valence-electron chi connectivity index (χ4n) is 1.89. The summed E-state index contributed by atoms with van der Waals surface area (Å²) >= 11 is 0. The maximum Gasteiger partial charge on any atom is 0.345 e. The molecule has 24 heavy (non-hydrogen) atoms. The van der Waals surface area contributed by atoms with Gasteiger partial charge in [-0.3, -0.25) is 0 Å². The molecule has 0 aliphatic heterocycles. The van der Waals surface area contributed by atoms with Crippen LogP contribution in [0.25, 0.3) is 11.1 Å². The first kappa shape index (κ1) is 17.9. The third-order valence-electron chi connectivity index (χ3n) is 3.35. The third kappa shape index (κ3) is 3.91. The zero-order valence-electron chi connectivity index (χ0n) is 12.4. The molecule has 3 nitrogen and oxygen atoms in total. The maximum atomic E-state index is 13.2. The molecule has 2 aromatic carbocycles. The molecular formula is C17H14F4O3. The number of ether oxygens (including phenoxy) is 1. The minimum absolute atomic E-state index is 0.0437. The highest BCUT2D eigenvalue weighted by Crippen LogP contribution is 2.34. The second-order valence-corrected chi connectivity index (χ2v) is 5.09. The van der Waals surface area contributed by atoms with E-state index < -0.39 is 31.0 Å². The Balaban J connectivity index is 2.03. The summed E-state index contributed by atoms with van der Waals surface area (Å²) in [7, 11) is 0. The lowest BCUT2D eigenvalue weighted by Crippen LogP contribution is -2.47. The molecule has 0 aromatic heterocycles. The average Bonchev–Trinajstić information content (AvgIpc) is 2.60. The van der Waals surface area contributed by atoms with Gasteiger partial charge in [-0.25, -0.2) is 4.79 Å². The van der Waals surface area contributed by atoms with Crippen LogP contribution >= 0.6 is 0 Å². The van der Waals surface area contributed by atoms with E-state index in [0.717, 1.165) is 11.1 Å². The predicted octanol–water partition coefficient (Wildman–Crippen LogP) is 3.77. The van der Waals surface area contributed by atoms with Crippen molar-refractivity contribution in [3.63, 3.8) is 0 Å². The summed E-state index contributed by atoms with van der Waals surface area (Å²) in [6.45, 7) is -3.86. The molecule has 2 rings (SSSR count). The molecule has 128 valence electrons. The van der Waals surface area contributed by atoms with Gasteiger partial charge in [-0.15, -0.1) is 0 Å². The van der Waals surface area contributed by atoms with Crippen LogP contribution in [0.2, 0.25) is 0 Å². The molecule has 0 radical (unpaired) electrons. The highest BCUT2D eigenvalue weighted by atomic mass is 19.3. The van der Waals surface area contributed by atoms with Crippen molar-refractivity contribution in [3.8, 4) is 11.1 Å². The second kappa shape index (κ2) is 7.00. The summed E-state index contributed by atoms with van der Waals surface area (Å²) in [5.74, 6) is -10.5. The van der Waals surface area contributed by atoms with E-state index in [1.54, 1.807) is 12.1 Å². The van der Waals surface area contributed by atoms with Crippen molar-refractivity contribution < 1.29 is 32.2 Å². The van der Waals surface area contributed by atoms with Gasteiger partial charge < -0.3 is 9.84 Å². The highest BCUT2D eigenvalue weighted by molar-refractivity contribution is 5.90. The van der Waals surface area contributed by atoms with Gasteiger partial charge in [-0.1, -0.05) is 42.5 Å². The smallest absolute Gasteiger partial charge is 0.345 e. The fourth-order valence-corrected chi connectivity index (χ4v) is 1.89. The lowest BCUT2D eigenvalue weighted by Gasteiger charge is -2.24. The van der Waals surface area contributed by atoms with Gasteiger partial charge in [-0.05, 0) is 23.3 Å². The molecule has 0 saturated heterocycles. The van der Waals surface area contributed by atoms with E-state index in [4.69, 9.17) is 5.11 Å². The van der Waals surface area contributed by atoms with E-state index in [9.17, 15) is 22.4 Å². The van der Waals surface area contributed by atoms with Crippen molar-refractivity contribution in [2.24, 2.45) is 0 Å². The lowest BCUT2D eigenvalue weighted by molar-refractivity contribution is -0.239. The van der Waals surface area contributed by atoms with Crippen molar-refractivity contribution >= 4 is 5.97 Å². The summed E-state index contributed by atoms with van der Waals surface area (Å²) < 4.78 is 56.3. The van der Waals surface area contributed by atoms with Gasteiger partial charge in [0.1, 0.15) is 6.61 Å². The molecule has 1 N–H and O–H groups in total. The van der Waals surface area contributed by atoms with Crippen LogP contribution in [0.3, 0.4) is 0 Å². The Morgan fingerprint density at radius 1 is 0.875 bits per heavy atom. The van der Waals surface area contributed by atoms with E-state index >= 15 is 0 Å². The predicted molar refractivity (Wildman–Crippen MR) is 79.1 cm³/mol. The van der Waals surface area contributed by atoms with Crippen molar-refractivity contribution in [3.05, 3.63) is 60.2 Å². The van der Waals surface area contributed by atoms with Gasteiger partial charge in [0.15, 0.2) is 6.61 Å². The molecule has 7 heteroatoms. The first-order valence-corrected chi connectivity index (χ1v) is 6.96. The minimum atomic E-state index is -4.66. The maximum absolute atomic E-state index is 13.2. The zero-order valence-corrected chi connectivity index (χ0v) is 12.4. The van der Waals surface area contributed by atoms with Crippen LogP contribution < -0.4 is 0 Å². The molecule has 0 saturated carbocycles. The van der Waals surface area contributed by atoms with Gasteiger partial charge >= 0.3 is 17.8 Å². The highest BCUT2D eigenvalue weighted by Gasteiger charge is 2.56. The molecule has 0 amide bonds. The quantitative estimate of drug-likeness (QED) is 0.642. The summed E-state index contributed by atoms with van der Waals surface area (Å²) in [5, 5.41) is 8.28. The Morgan fingerprint density at radius 3 is 1.96 bits per heavy atom. The average molecular weight is 342 g/mol. The van der Waals surface area contributed by atoms with Crippen molar-refractivity contribution in [2.75, 3.05) is 13.2 Å². The van der Waals surface area contributed by atoms with E-state index in [2.05, 4.69) is 4.74 Å². The molecule has 0 bridgehead atoms. The summed E-state index contributed by atoms with van der Waals surface area (Å²) in [5.41, 5.74) is 1.65. The number of hydrogen-bond donors (Lipinski definition) is 1. The van der Waals surface area contributed by atoms with Gasteiger partial charge in [0.2, 0.25) is 0 Å². The van der Waals surface area contributed by atoms with Gasteiger partial charge in [-0.2, -0.15) is 17.6 Å².